The molecule has 0 heterocycles. The molecule has 0 aromatic carbocycles. The van der Waals surface area contributed by atoms with Gasteiger partial charge in [0.25, 0.3) is 0 Å². The number of aliphatic hydroxyl groups excluding tert-OH is 1. The van der Waals surface area contributed by atoms with Crippen molar-refractivity contribution in [3.05, 3.63) is 0 Å². The number of aliphatic hydroxyl groups is 1. The lowest BCUT2D eigenvalue weighted by atomic mass is 10.0. The third-order valence-corrected chi connectivity index (χ3v) is 4.57. The van der Waals surface area contributed by atoms with Crippen LogP contribution < -0.4 is 0 Å². The number of carbonyl (C=O) groups excluding carboxylic acids is 3. The third-order valence-electron chi connectivity index (χ3n) is 4.57. The van der Waals surface area contributed by atoms with Crippen molar-refractivity contribution in [2.45, 2.75) is 116 Å². The molecule has 0 aliphatic rings. The van der Waals surface area contributed by atoms with Crippen molar-refractivity contribution in [3.8, 4) is 0 Å². The predicted octanol–water partition coefficient (Wildman–Crippen LogP) is 4.88. The molecule has 5 heteroatoms. The molecular weight excluding hydrogens is 332 g/mol. The highest BCUT2D eigenvalue weighted by molar-refractivity contribution is 5.96. The molecule has 1 unspecified atom stereocenters. The molecule has 1 N–H and O–H groups in total. The number of unbranched alkanes of at least 4 members (excludes halogenated alkanes) is 14. The van der Waals surface area contributed by atoms with Crippen molar-refractivity contribution in [1.82, 2.24) is 0 Å². The molecule has 0 saturated carbocycles. The summed E-state index contributed by atoms with van der Waals surface area (Å²) in [5.74, 6) is -1.86. The van der Waals surface area contributed by atoms with Crippen LogP contribution in [0.3, 0.4) is 0 Å². The van der Waals surface area contributed by atoms with Crippen molar-refractivity contribution in [3.63, 3.8) is 0 Å². The first-order valence-corrected chi connectivity index (χ1v) is 10.5. The van der Waals surface area contributed by atoms with Gasteiger partial charge < -0.3 is 9.84 Å². The Hall–Kier alpha value is -1.23. The van der Waals surface area contributed by atoms with Crippen LogP contribution >= 0.6 is 0 Å². The Labute approximate surface area is 158 Å². The average Bonchev–Trinajstić information content (AvgIpc) is 2.64. The average molecular weight is 371 g/mol. The minimum Gasteiger partial charge on any atom is -0.391 e. The lowest BCUT2D eigenvalue weighted by Gasteiger charge is -2.04. The van der Waals surface area contributed by atoms with Gasteiger partial charge in [0.15, 0.2) is 6.29 Å². The molecule has 152 valence electrons. The third kappa shape index (κ3) is 16.2. The van der Waals surface area contributed by atoms with E-state index in [0.717, 1.165) is 12.8 Å². The Bertz CT molecular complexity index is 367. The molecule has 5 nitrogen and oxygen atoms in total. The fourth-order valence-electron chi connectivity index (χ4n) is 2.92. The van der Waals surface area contributed by atoms with Crippen molar-refractivity contribution < 1.29 is 24.2 Å². The first kappa shape index (κ1) is 24.8. The van der Waals surface area contributed by atoms with E-state index < -0.39 is 18.0 Å². The largest absolute Gasteiger partial charge is 0.391 e. The van der Waals surface area contributed by atoms with Gasteiger partial charge in [-0.2, -0.15) is 0 Å². The van der Waals surface area contributed by atoms with E-state index in [-0.39, 0.29) is 12.7 Å². The minimum absolute atomic E-state index is 0.0449. The minimum atomic E-state index is -1.86. The highest BCUT2D eigenvalue weighted by Gasteiger charge is 2.18. The van der Waals surface area contributed by atoms with E-state index >= 15 is 0 Å². The second kappa shape index (κ2) is 18.6. The van der Waals surface area contributed by atoms with Crippen LogP contribution in [-0.4, -0.2) is 29.4 Å². The lowest BCUT2D eigenvalue weighted by molar-refractivity contribution is -0.165. The van der Waals surface area contributed by atoms with E-state index in [1.807, 2.05) is 0 Å². The molecule has 0 aliphatic carbocycles. The molecule has 0 aliphatic heterocycles. The van der Waals surface area contributed by atoms with Gasteiger partial charge in [-0.15, -0.1) is 0 Å². The Morgan fingerprint density at radius 3 is 1.54 bits per heavy atom. The van der Waals surface area contributed by atoms with E-state index in [4.69, 9.17) is 5.11 Å². The molecule has 0 rings (SSSR count). The van der Waals surface area contributed by atoms with Gasteiger partial charge in [-0.25, -0.2) is 4.79 Å². The smallest absolute Gasteiger partial charge is 0.350 e. The molecule has 0 bridgehead atoms. The quantitative estimate of drug-likeness (QED) is 0.161. The van der Waals surface area contributed by atoms with Crippen molar-refractivity contribution in [2.75, 3.05) is 0 Å². The van der Waals surface area contributed by atoms with Crippen LogP contribution in [0.5, 0.6) is 0 Å². The van der Waals surface area contributed by atoms with Crippen LogP contribution in [0.2, 0.25) is 0 Å². The summed E-state index contributed by atoms with van der Waals surface area (Å²) in [7, 11) is 0. The van der Waals surface area contributed by atoms with Gasteiger partial charge in [-0.05, 0) is 6.42 Å². The van der Waals surface area contributed by atoms with E-state index in [1.54, 1.807) is 0 Å². The van der Waals surface area contributed by atoms with Crippen LogP contribution in [0.1, 0.15) is 110 Å². The SMILES string of the molecule is CCCCCCCCCCCCCCCCCC(=O)OC(=O)C(O)C=O. The summed E-state index contributed by atoms with van der Waals surface area (Å²) in [4.78, 5) is 32.5. The van der Waals surface area contributed by atoms with Crippen LogP contribution in [0.25, 0.3) is 0 Å². The zero-order chi connectivity index (χ0) is 19.5. The topological polar surface area (TPSA) is 80.7 Å². The molecule has 0 spiro atoms. The molecule has 1 atom stereocenters. The number of hydrogen-bond donors (Lipinski definition) is 1. The van der Waals surface area contributed by atoms with E-state index in [2.05, 4.69) is 11.7 Å². The van der Waals surface area contributed by atoms with Gasteiger partial charge in [-0.3, -0.25) is 9.59 Å². The molecule has 0 aromatic heterocycles. The van der Waals surface area contributed by atoms with Gasteiger partial charge in [0.05, 0.1) is 0 Å². The Balaban J connectivity index is 3.25. The van der Waals surface area contributed by atoms with Crippen molar-refractivity contribution in [2.24, 2.45) is 0 Å². The van der Waals surface area contributed by atoms with Gasteiger partial charge in [0, 0.05) is 6.42 Å². The molecule has 0 aromatic rings. The van der Waals surface area contributed by atoms with Crippen molar-refractivity contribution in [1.29, 1.82) is 0 Å². The van der Waals surface area contributed by atoms with E-state index in [9.17, 15) is 14.4 Å². The van der Waals surface area contributed by atoms with Gasteiger partial charge in [0.1, 0.15) is 0 Å². The van der Waals surface area contributed by atoms with E-state index in [1.165, 1.54) is 77.0 Å². The summed E-state index contributed by atoms with van der Waals surface area (Å²) in [5, 5.41) is 8.88. The maximum atomic E-state index is 11.3. The van der Waals surface area contributed by atoms with Crippen LogP contribution in [0, 0.1) is 0 Å². The molecule has 0 radical (unpaired) electrons. The summed E-state index contributed by atoms with van der Waals surface area (Å²) in [6.07, 6.45) is 17.0. The summed E-state index contributed by atoms with van der Waals surface area (Å²) >= 11 is 0. The van der Waals surface area contributed by atoms with Gasteiger partial charge in [-0.1, -0.05) is 96.8 Å². The Morgan fingerprint density at radius 1 is 0.769 bits per heavy atom. The first-order chi connectivity index (χ1) is 12.6. The zero-order valence-electron chi connectivity index (χ0n) is 16.5. The molecule has 0 amide bonds. The number of esters is 2. The summed E-state index contributed by atoms with van der Waals surface area (Å²) in [5.41, 5.74) is 0. The zero-order valence-corrected chi connectivity index (χ0v) is 16.5. The highest BCUT2D eigenvalue weighted by Crippen LogP contribution is 2.13. The summed E-state index contributed by atoms with van der Waals surface area (Å²) < 4.78 is 4.36. The predicted molar refractivity (Wildman–Crippen MR) is 103 cm³/mol. The standard InChI is InChI=1S/C21H38O5/c1-2-3-4-5-6-7-8-9-10-11-12-13-14-15-16-17-20(24)26-21(25)19(23)18-22/h18-19,23H,2-17H2,1H3. The number of carbonyl (C=O) groups is 3. The second-order valence-electron chi connectivity index (χ2n) is 7.07. The normalized spacial score (nSPS) is 11.9. The maximum absolute atomic E-state index is 11.3. The highest BCUT2D eigenvalue weighted by atomic mass is 16.6. The van der Waals surface area contributed by atoms with Crippen LogP contribution in [0.4, 0.5) is 0 Å². The van der Waals surface area contributed by atoms with Crippen molar-refractivity contribution >= 4 is 18.2 Å². The number of rotatable bonds is 18. The Morgan fingerprint density at radius 2 is 1.15 bits per heavy atom. The van der Waals surface area contributed by atoms with Gasteiger partial charge in [0.2, 0.25) is 6.10 Å². The first-order valence-electron chi connectivity index (χ1n) is 10.5. The van der Waals surface area contributed by atoms with Crippen LogP contribution in [0.15, 0.2) is 0 Å². The maximum Gasteiger partial charge on any atom is 0.350 e. The monoisotopic (exact) mass is 370 g/mol. The fraction of sp³-hybridized carbons (Fsp3) is 0.857. The molecule has 0 fully saturated rings. The summed E-state index contributed by atoms with van der Waals surface area (Å²) in [6.45, 7) is 2.25. The number of ether oxygens (including phenoxy) is 1. The lowest BCUT2D eigenvalue weighted by Crippen LogP contribution is -2.26. The Kier molecular flexibility index (Phi) is 17.7. The molecular formula is C21H38O5. The number of hydrogen-bond acceptors (Lipinski definition) is 5. The number of aldehydes is 1. The van der Waals surface area contributed by atoms with Gasteiger partial charge >= 0.3 is 11.9 Å². The molecule has 0 saturated heterocycles. The van der Waals surface area contributed by atoms with E-state index in [0.29, 0.717) is 6.42 Å². The molecule has 26 heavy (non-hydrogen) atoms. The van der Waals surface area contributed by atoms with Crippen LogP contribution in [-0.2, 0) is 19.1 Å². The summed E-state index contributed by atoms with van der Waals surface area (Å²) in [6, 6.07) is 0. The fourth-order valence-corrected chi connectivity index (χ4v) is 2.92. The second-order valence-corrected chi connectivity index (χ2v) is 7.07.